The predicted octanol–water partition coefficient (Wildman–Crippen LogP) is 2.15. The summed E-state index contributed by atoms with van der Waals surface area (Å²) < 4.78 is 0. The molecule has 23 heavy (non-hydrogen) atoms. The molecule has 114 valence electrons. The van der Waals surface area contributed by atoms with Gasteiger partial charge in [0.15, 0.2) is 5.57 Å². The second-order valence-electron chi connectivity index (χ2n) is 4.90. The van der Waals surface area contributed by atoms with Gasteiger partial charge in [-0.2, -0.15) is 15.8 Å². The molecule has 2 amide bonds. The molecule has 0 aliphatic carbocycles. The van der Waals surface area contributed by atoms with Gasteiger partial charge in [0.25, 0.3) is 0 Å². The lowest BCUT2D eigenvalue weighted by Gasteiger charge is -2.29. The Morgan fingerprint density at radius 3 is 2.61 bits per heavy atom. The number of hydrogen-bond acceptors (Lipinski definition) is 5. The Hall–Kier alpha value is -3.50. The molecule has 2 rings (SSSR count). The topological polar surface area (TPSA) is 116 Å². The van der Waals surface area contributed by atoms with Crippen LogP contribution in [0.25, 0.3) is 0 Å². The van der Waals surface area contributed by atoms with Gasteiger partial charge in [-0.3, -0.25) is 4.90 Å². The van der Waals surface area contributed by atoms with E-state index in [4.69, 9.17) is 15.8 Å². The summed E-state index contributed by atoms with van der Waals surface area (Å²) in [6.07, 6.45) is 0.846. The Balaban J connectivity index is 2.40. The zero-order valence-corrected chi connectivity index (χ0v) is 12.6. The molecule has 7 nitrogen and oxygen atoms in total. The summed E-state index contributed by atoms with van der Waals surface area (Å²) in [5.41, 5.74) is 1.65. The van der Waals surface area contributed by atoms with Gasteiger partial charge in [-0.05, 0) is 31.0 Å². The van der Waals surface area contributed by atoms with Gasteiger partial charge in [0.1, 0.15) is 23.9 Å². The summed E-state index contributed by atoms with van der Waals surface area (Å²) in [6, 6.07) is 10.3. The van der Waals surface area contributed by atoms with Crippen molar-refractivity contribution in [1.29, 1.82) is 15.8 Å². The first-order chi connectivity index (χ1) is 11.1. The Morgan fingerprint density at radius 1 is 1.26 bits per heavy atom. The van der Waals surface area contributed by atoms with Crippen LogP contribution in [0.4, 0.5) is 16.2 Å². The van der Waals surface area contributed by atoms with E-state index in [1.807, 2.05) is 19.1 Å². The molecular formula is C16H14N6O. The molecule has 0 bridgehead atoms. The van der Waals surface area contributed by atoms with Gasteiger partial charge in [-0.15, -0.1) is 0 Å². The molecule has 0 unspecified atom stereocenters. The van der Waals surface area contributed by atoms with Crippen LogP contribution < -0.4 is 15.5 Å². The maximum absolute atomic E-state index is 12.0. The molecule has 0 atom stereocenters. The number of nitriles is 3. The van der Waals surface area contributed by atoms with E-state index in [-0.39, 0.29) is 17.3 Å². The highest BCUT2D eigenvalue weighted by Gasteiger charge is 2.21. The summed E-state index contributed by atoms with van der Waals surface area (Å²) >= 11 is 0. The molecule has 1 aromatic rings. The number of urea groups is 1. The van der Waals surface area contributed by atoms with E-state index in [1.165, 1.54) is 0 Å². The Bertz CT molecular complexity index is 774. The molecule has 0 saturated carbocycles. The van der Waals surface area contributed by atoms with Crippen LogP contribution in [0.2, 0.25) is 0 Å². The van der Waals surface area contributed by atoms with E-state index in [0.29, 0.717) is 18.8 Å². The molecule has 0 spiro atoms. The summed E-state index contributed by atoms with van der Waals surface area (Å²) in [5.74, 6) is 0. The average molecular weight is 306 g/mol. The number of nitrogens with zero attached hydrogens (tertiary/aromatic N) is 4. The first-order valence-corrected chi connectivity index (χ1v) is 6.99. The van der Waals surface area contributed by atoms with E-state index in [1.54, 1.807) is 29.2 Å². The van der Waals surface area contributed by atoms with Crippen LogP contribution in [0.1, 0.15) is 12.0 Å². The quantitative estimate of drug-likeness (QED) is 0.830. The molecule has 0 radical (unpaired) electrons. The van der Waals surface area contributed by atoms with E-state index in [2.05, 4.69) is 10.6 Å². The van der Waals surface area contributed by atoms with Crippen LogP contribution >= 0.6 is 0 Å². The van der Waals surface area contributed by atoms with E-state index < -0.39 is 0 Å². The van der Waals surface area contributed by atoms with Crippen molar-refractivity contribution < 1.29 is 4.79 Å². The lowest BCUT2D eigenvalue weighted by atomic mass is 10.1. The van der Waals surface area contributed by atoms with Crippen molar-refractivity contribution in [3.8, 4) is 18.2 Å². The minimum absolute atomic E-state index is 0.113. The molecule has 7 heteroatoms. The zero-order chi connectivity index (χ0) is 16.8. The number of anilines is 2. The van der Waals surface area contributed by atoms with Gasteiger partial charge in [-0.25, -0.2) is 4.79 Å². The molecule has 1 saturated heterocycles. The number of carbonyl (C=O) groups excluding carboxylic acids is 1. The van der Waals surface area contributed by atoms with Crippen LogP contribution in [-0.4, -0.2) is 19.1 Å². The van der Waals surface area contributed by atoms with Crippen LogP contribution in [0, 0.1) is 40.9 Å². The third-order valence-electron chi connectivity index (χ3n) is 3.52. The summed E-state index contributed by atoms with van der Waals surface area (Å²) in [4.78, 5) is 13.6. The van der Waals surface area contributed by atoms with Gasteiger partial charge in [0.2, 0.25) is 0 Å². The predicted molar refractivity (Wildman–Crippen MR) is 84.0 cm³/mol. The van der Waals surface area contributed by atoms with Crippen molar-refractivity contribution >= 4 is 17.4 Å². The first-order valence-electron chi connectivity index (χ1n) is 6.99. The highest BCUT2D eigenvalue weighted by atomic mass is 16.2. The number of amides is 2. The molecule has 1 aliphatic rings. The zero-order valence-electron chi connectivity index (χ0n) is 12.6. The van der Waals surface area contributed by atoms with E-state index in [9.17, 15) is 4.79 Å². The van der Waals surface area contributed by atoms with Crippen molar-refractivity contribution in [1.82, 2.24) is 5.32 Å². The molecule has 1 aromatic carbocycles. The summed E-state index contributed by atoms with van der Waals surface area (Å²) in [5, 5.41) is 32.5. The highest BCUT2D eigenvalue weighted by molar-refractivity contribution is 5.94. The van der Waals surface area contributed by atoms with Gasteiger partial charge >= 0.3 is 6.03 Å². The Kier molecular flexibility index (Phi) is 4.82. The number of allylic oxidation sites excluding steroid dienone is 2. The maximum atomic E-state index is 12.0. The maximum Gasteiger partial charge on any atom is 0.321 e. The molecule has 0 aromatic heterocycles. The Labute approximate surface area is 134 Å². The molecule has 1 heterocycles. The number of rotatable bonds is 3. The lowest BCUT2D eigenvalue weighted by Crippen LogP contribution is -2.46. The molecule has 2 N–H and O–H groups in total. The molecular weight excluding hydrogens is 292 g/mol. The van der Waals surface area contributed by atoms with Crippen molar-refractivity contribution in [2.24, 2.45) is 0 Å². The Morgan fingerprint density at radius 2 is 2.00 bits per heavy atom. The third kappa shape index (κ3) is 3.23. The fourth-order valence-corrected chi connectivity index (χ4v) is 2.33. The van der Waals surface area contributed by atoms with Crippen molar-refractivity contribution in [3.63, 3.8) is 0 Å². The van der Waals surface area contributed by atoms with E-state index in [0.717, 1.165) is 17.7 Å². The van der Waals surface area contributed by atoms with Gasteiger partial charge in [-0.1, -0.05) is 6.07 Å². The van der Waals surface area contributed by atoms with Crippen molar-refractivity contribution in [3.05, 3.63) is 35.0 Å². The minimum Gasteiger partial charge on any atom is -0.345 e. The highest BCUT2D eigenvalue weighted by Crippen LogP contribution is 2.29. The normalized spacial score (nSPS) is 13.1. The van der Waals surface area contributed by atoms with Crippen LogP contribution in [-0.2, 0) is 0 Å². The minimum atomic E-state index is -0.284. The third-order valence-corrected chi connectivity index (χ3v) is 3.52. The molecule has 1 fully saturated rings. The fourth-order valence-electron chi connectivity index (χ4n) is 2.33. The van der Waals surface area contributed by atoms with Crippen molar-refractivity contribution in [2.75, 3.05) is 23.3 Å². The van der Waals surface area contributed by atoms with Crippen LogP contribution in [0.3, 0.4) is 0 Å². The summed E-state index contributed by atoms with van der Waals surface area (Å²) in [6.45, 7) is 3.08. The second kappa shape index (κ2) is 6.98. The summed E-state index contributed by atoms with van der Waals surface area (Å²) in [7, 11) is 0. The number of nitrogens with one attached hydrogen (secondary N) is 2. The second-order valence-corrected chi connectivity index (χ2v) is 4.90. The largest absolute Gasteiger partial charge is 0.345 e. The van der Waals surface area contributed by atoms with Gasteiger partial charge in [0, 0.05) is 18.8 Å². The lowest BCUT2D eigenvalue weighted by molar-refractivity contribution is 0.243. The SMILES string of the molecule is Cc1c(NC(C#N)=C(C#N)C#N)cccc1N1CCCNC1=O. The van der Waals surface area contributed by atoms with Gasteiger partial charge < -0.3 is 10.6 Å². The number of hydrogen-bond donors (Lipinski definition) is 2. The number of benzene rings is 1. The fraction of sp³-hybridized carbons (Fsp3) is 0.250. The smallest absolute Gasteiger partial charge is 0.321 e. The average Bonchev–Trinajstić information content (AvgIpc) is 2.57. The standard InChI is InChI=1S/C16H14N6O/c1-11-13(21-14(10-19)12(8-17)9-18)4-2-5-15(11)22-7-3-6-20-16(22)23/h2,4-5,21H,3,6-7H2,1H3,(H,20,23). The van der Waals surface area contributed by atoms with Crippen LogP contribution in [0.15, 0.2) is 29.5 Å². The van der Waals surface area contributed by atoms with Gasteiger partial charge in [0.05, 0.1) is 5.69 Å². The first kappa shape index (κ1) is 15.9. The molecule has 1 aliphatic heterocycles. The van der Waals surface area contributed by atoms with E-state index >= 15 is 0 Å². The number of carbonyl (C=O) groups is 1. The monoisotopic (exact) mass is 306 g/mol. The van der Waals surface area contributed by atoms with Crippen molar-refractivity contribution in [2.45, 2.75) is 13.3 Å². The van der Waals surface area contributed by atoms with Crippen LogP contribution in [0.5, 0.6) is 0 Å².